The summed E-state index contributed by atoms with van der Waals surface area (Å²) in [6, 6.07) is 0. The molecule has 0 spiro atoms. The Labute approximate surface area is 96.4 Å². The van der Waals surface area contributed by atoms with Gasteiger partial charge in [0.25, 0.3) is 0 Å². The molecular weight excluding hydrogens is 206 g/mol. The van der Waals surface area contributed by atoms with E-state index in [0.29, 0.717) is 13.1 Å². The maximum atomic E-state index is 12.0. The van der Waals surface area contributed by atoms with Crippen LogP contribution in [0.5, 0.6) is 0 Å². The first-order valence-corrected chi connectivity index (χ1v) is 5.79. The Balaban J connectivity index is 2.53. The Morgan fingerprint density at radius 3 is 2.81 bits per heavy atom. The molecule has 92 valence electrons. The van der Waals surface area contributed by atoms with Gasteiger partial charge in [-0.3, -0.25) is 9.59 Å². The van der Waals surface area contributed by atoms with Gasteiger partial charge in [-0.15, -0.1) is 0 Å². The summed E-state index contributed by atoms with van der Waals surface area (Å²) in [5.41, 5.74) is 5.28. The third-order valence-corrected chi connectivity index (χ3v) is 3.07. The zero-order valence-corrected chi connectivity index (χ0v) is 10.0. The number of carbonyl (C=O) groups is 2. The first kappa shape index (κ1) is 13.0. The second kappa shape index (κ2) is 5.84. The monoisotopic (exact) mass is 227 g/mol. The minimum atomic E-state index is -0.293. The van der Waals surface area contributed by atoms with E-state index in [0.717, 1.165) is 19.4 Å². The Hall–Kier alpha value is -1.10. The molecule has 2 amide bonds. The van der Waals surface area contributed by atoms with Crippen molar-refractivity contribution in [3.8, 4) is 0 Å². The Bertz CT molecular complexity index is 268. The normalized spacial score (nSPS) is 22.9. The number of hydrogen-bond donors (Lipinski definition) is 2. The SMILES string of the molecule is CNCC(C)C(=O)N1CCCC(C(N)=O)C1. The summed E-state index contributed by atoms with van der Waals surface area (Å²) in [6.07, 6.45) is 1.67. The molecule has 0 aliphatic carbocycles. The summed E-state index contributed by atoms with van der Waals surface area (Å²) in [7, 11) is 1.83. The number of nitrogens with two attached hydrogens (primary N) is 1. The smallest absolute Gasteiger partial charge is 0.226 e. The molecular formula is C11H21N3O2. The maximum absolute atomic E-state index is 12.0. The maximum Gasteiger partial charge on any atom is 0.226 e. The van der Waals surface area contributed by atoms with Gasteiger partial charge in [-0.1, -0.05) is 6.92 Å². The van der Waals surface area contributed by atoms with E-state index in [1.807, 2.05) is 14.0 Å². The van der Waals surface area contributed by atoms with Gasteiger partial charge in [-0.25, -0.2) is 0 Å². The van der Waals surface area contributed by atoms with Crippen molar-refractivity contribution in [2.75, 3.05) is 26.7 Å². The van der Waals surface area contributed by atoms with Crippen LogP contribution in [0, 0.1) is 11.8 Å². The fourth-order valence-electron chi connectivity index (χ4n) is 2.11. The predicted octanol–water partition coefficient (Wildman–Crippen LogP) is -0.434. The fourth-order valence-corrected chi connectivity index (χ4v) is 2.11. The van der Waals surface area contributed by atoms with Crippen LogP contribution in [0.1, 0.15) is 19.8 Å². The first-order valence-electron chi connectivity index (χ1n) is 5.79. The van der Waals surface area contributed by atoms with Crippen molar-refractivity contribution < 1.29 is 9.59 Å². The van der Waals surface area contributed by atoms with E-state index in [1.165, 1.54) is 0 Å². The molecule has 3 N–H and O–H groups in total. The number of hydrogen-bond acceptors (Lipinski definition) is 3. The summed E-state index contributed by atoms with van der Waals surface area (Å²) < 4.78 is 0. The molecule has 1 saturated heterocycles. The number of amides is 2. The number of likely N-dealkylation sites (tertiary alicyclic amines) is 1. The van der Waals surface area contributed by atoms with Crippen molar-refractivity contribution in [3.05, 3.63) is 0 Å². The second-order valence-electron chi connectivity index (χ2n) is 4.48. The van der Waals surface area contributed by atoms with Crippen LogP contribution < -0.4 is 11.1 Å². The van der Waals surface area contributed by atoms with E-state index in [-0.39, 0.29) is 23.7 Å². The van der Waals surface area contributed by atoms with Crippen molar-refractivity contribution in [2.24, 2.45) is 17.6 Å². The highest BCUT2D eigenvalue weighted by molar-refractivity contribution is 5.81. The van der Waals surface area contributed by atoms with Crippen LogP contribution in [0.15, 0.2) is 0 Å². The van der Waals surface area contributed by atoms with Gasteiger partial charge in [0.05, 0.1) is 5.92 Å². The Morgan fingerprint density at radius 2 is 2.25 bits per heavy atom. The fraction of sp³-hybridized carbons (Fsp3) is 0.818. The molecule has 2 unspecified atom stereocenters. The number of piperidine rings is 1. The van der Waals surface area contributed by atoms with E-state index in [2.05, 4.69) is 5.32 Å². The lowest BCUT2D eigenvalue weighted by atomic mass is 9.96. The van der Waals surface area contributed by atoms with Crippen LogP contribution in [0.3, 0.4) is 0 Å². The second-order valence-corrected chi connectivity index (χ2v) is 4.48. The van der Waals surface area contributed by atoms with Gasteiger partial charge in [-0.05, 0) is 19.9 Å². The van der Waals surface area contributed by atoms with Crippen LogP contribution in [0.2, 0.25) is 0 Å². The van der Waals surface area contributed by atoms with Gasteiger partial charge < -0.3 is 16.0 Å². The molecule has 1 rings (SSSR count). The number of carbonyl (C=O) groups excluding carboxylic acids is 2. The van der Waals surface area contributed by atoms with E-state index >= 15 is 0 Å². The summed E-state index contributed by atoms with van der Waals surface area (Å²) >= 11 is 0. The predicted molar refractivity (Wildman–Crippen MR) is 61.6 cm³/mol. The van der Waals surface area contributed by atoms with E-state index in [4.69, 9.17) is 5.73 Å². The third-order valence-electron chi connectivity index (χ3n) is 3.07. The number of primary amides is 1. The Kier molecular flexibility index (Phi) is 4.73. The average Bonchev–Trinajstić information content (AvgIpc) is 2.28. The lowest BCUT2D eigenvalue weighted by Crippen LogP contribution is -2.47. The highest BCUT2D eigenvalue weighted by Crippen LogP contribution is 2.17. The van der Waals surface area contributed by atoms with Gasteiger partial charge in [-0.2, -0.15) is 0 Å². The molecule has 0 aromatic carbocycles. The Morgan fingerprint density at radius 1 is 1.56 bits per heavy atom. The molecule has 1 aliphatic rings. The standard InChI is InChI=1S/C11H21N3O2/c1-8(6-13-2)11(16)14-5-3-4-9(7-14)10(12)15/h8-9,13H,3-7H2,1-2H3,(H2,12,15). The average molecular weight is 227 g/mol. The molecule has 2 atom stereocenters. The van der Waals surface area contributed by atoms with Crippen molar-refractivity contribution >= 4 is 11.8 Å². The zero-order valence-electron chi connectivity index (χ0n) is 10.0. The van der Waals surface area contributed by atoms with Gasteiger partial charge in [0, 0.05) is 25.6 Å². The number of nitrogens with zero attached hydrogens (tertiary/aromatic N) is 1. The van der Waals surface area contributed by atoms with Crippen molar-refractivity contribution in [1.29, 1.82) is 0 Å². The minimum absolute atomic E-state index is 0.0448. The molecule has 0 aromatic rings. The number of rotatable bonds is 4. The van der Waals surface area contributed by atoms with E-state index < -0.39 is 0 Å². The lowest BCUT2D eigenvalue weighted by molar-refractivity contribution is -0.138. The molecule has 5 heteroatoms. The van der Waals surface area contributed by atoms with Crippen molar-refractivity contribution in [1.82, 2.24) is 10.2 Å². The van der Waals surface area contributed by atoms with Crippen LogP contribution >= 0.6 is 0 Å². The molecule has 1 heterocycles. The van der Waals surface area contributed by atoms with Gasteiger partial charge in [0.2, 0.25) is 11.8 Å². The molecule has 16 heavy (non-hydrogen) atoms. The van der Waals surface area contributed by atoms with E-state index in [1.54, 1.807) is 4.90 Å². The van der Waals surface area contributed by atoms with Gasteiger partial charge in [0.1, 0.15) is 0 Å². The number of nitrogens with one attached hydrogen (secondary N) is 1. The van der Waals surface area contributed by atoms with Crippen LogP contribution in [0.25, 0.3) is 0 Å². The third kappa shape index (κ3) is 3.20. The highest BCUT2D eigenvalue weighted by Gasteiger charge is 2.28. The van der Waals surface area contributed by atoms with Gasteiger partial charge in [0.15, 0.2) is 0 Å². The molecule has 5 nitrogen and oxygen atoms in total. The van der Waals surface area contributed by atoms with Crippen molar-refractivity contribution in [2.45, 2.75) is 19.8 Å². The molecule has 0 radical (unpaired) electrons. The van der Waals surface area contributed by atoms with Crippen LogP contribution in [-0.4, -0.2) is 43.4 Å². The summed E-state index contributed by atoms with van der Waals surface area (Å²) in [5, 5.41) is 2.98. The molecule has 0 aromatic heterocycles. The van der Waals surface area contributed by atoms with Crippen molar-refractivity contribution in [3.63, 3.8) is 0 Å². The highest BCUT2D eigenvalue weighted by atomic mass is 16.2. The molecule has 1 fully saturated rings. The van der Waals surface area contributed by atoms with Crippen LogP contribution in [0.4, 0.5) is 0 Å². The lowest BCUT2D eigenvalue weighted by Gasteiger charge is -2.33. The van der Waals surface area contributed by atoms with E-state index in [9.17, 15) is 9.59 Å². The first-order chi connectivity index (χ1) is 7.56. The molecule has 0 saturated carbocycles. The summed E-state index contributed by atoms with van der Waals surface area (Å²) in [6.45, 7) is 3.79. The van der Waals surface area contributed by atoms with Crippen LogP contribution in [-0.2, 0) is 9.59 Å². The quantitative estimate of drug-likeness (QED) is 0.684. The minimum Gasteiger partial charge on any atom is -0.369 e. The summed E-state index contributed by atoms with van der Waals surface area (Å²) in [5.74, 6) is -0.393. The molecule has 1 aliphatic heterocycles. The largest absolute Gasteiger partial charge is 0.369 e. The molecule has 0 bridgehead atoms. The summed E-state index contributed by atoms with van der Waals surface area (Å²) in [4.78, 5) is 24.8. The topological polar surface area (TPSA) is 75.4 Å². The van der Waals surface area contributed by atoms with Gasteiger partial charge >= 0.3 is 0 Å². The zero-order chi connectivity index (χ0) is 12.1.